The molecular weight excluding hydrogens is 286 g/mol. The van der Waals surface area contributed by atoms with Gasteiger partial charge < -0.3 is 10.6 Å². The van der Waals surface area contributed by atoms with Crippen LogP contribution in [-0.2, 0) is 0 Å². The molecule has 122 valence electrons. The van der Waals surface area contributed by atoms with E-state index in [4.69, 9.17) is 0 Å². The number of nitrogens with zero attached hydrogens (tertiary/aromatic N) is 1. The highest BCUT2D eigenvalue weighted by molar-refractivity contribution is 6.03. The number of hydrogen-bond donors (Lipinski definition) is 2. The second kappa shape index (κ2) is 8.32. The van der Waals surface area contributed by atoms with Crippen LogP contribution in [0.1, 0.15) is 55.6 Å². The van der Waals surface area contributed by atoms with Crippen molar-refractivity contribution in [2.75, 3.05) is 17.2 Å². The van der Waals surface area contributed by atoms with E-state index in [2.05, 4.69) is 36.4 Å². The van der Waals surface area contributed by atoms with Gasteiger partial charge >= 0.3 is 0 Å². The molecular formula is C19H25N3O. The largest absolute Gasteiger partial charge is 0.384 e. The Morgan fingerprint density at radius 2 is 1.96 bits per heavy atom. The molecule has 0 unspecified atom stereocenters. The van der Waals surface area contributed by atoms with Crippen LogP contribution >= 0.6 is 0 Å². The van der Waals surface area contributed by atoms with Gasteiger partial charge in [0.15, 0.2) is 0 Å². The van der Waals surface area contributed by atoms with Gasteiger partial charge in [-0.2, -0.15) is 0 Å². The maximum absolute atomic E-state index is 12.4. The molecule has 4 nitrogen and oxygen atoms in total. The van der Waals surface area contributed by atoms with Gasteiger partial charge in [-0.05, 0) is 36.1 Å². The number of carbonyl (C=O) groups is 1. The molecule has 0 radical (unpaired) electrons. The van der Waals surface area contributed by atoms with Crippen LogP contribution in [0.5, 0.6) is 0 Å². The Balaban J connectivity index is 2.04. The highest BCUT2D eigenvalue weighted by Gasteiger charge is 2.11. The van der Waals surface area contributed by atoms with Crippen molar-refractivity contribution >= 4 is 17.3 Å². The van der Waals surface area contributed by atoms with E-state index in [1.165, 1.54) is 0 Å². The standard InChI is InChI=1S/C19H25N3O/c1-4-5-12-20-15-10-11-18(21-13-15)19(23)22-17-9-7-6-8-16(17)14(2)3/h6-11,13-14,20H,4-5,12H2,1-3H3,(H,22,23). The third-order valence-corrected chi connectivity index (χ3v) is 3.69. The molecule has 2 N–H and O–H groups in total. The molecule has 2 rings (SSSR count). The Bertz CT molecular complexity index is 635. The van der Waals surface area contributed by atoms with Crippen LogP contribution in [0, 0.1) is 0 Å². The number of aromatic nitrogens is 1. The number of rotatable bonds is 7. The first-order valence-corrected chi connectivity index (χ1v) is 8.22. The van der Waals surface area contributed by atoms with Gasteiger partial charge in [0.1, 0.15) is 5.69 Å². The van der Waals surface area contributed by atoms with Crippen molar-refractivity contribution in [1.29, 1.82) is 0 Å². The fourth-order valence-electron chi connectivity index (χ4n) is 2.34. The smallest absolute Gasteiger partial charge is 0.274 e. The van der Waals surface area contributed by atoms with Crippen LogP contribution in [0.15, 0.2) is 42.6 Å². The minimum absolute atomic E-state index is 0.182. The van der Waals surface area contributed by atoms with Crippen LogP contribution < -0.4 is 10.6 Å². The summed E-state index contributed by atoms with van der Waals surface area (Å²) in [5.41, 5.74) is 3.33. The van der Waals surface area contributed by atoms with Crippen molar-refractivity contribution in [2.24, 2.45) is 0 Å². The van der Waals surface area contributed by atoms with Gasteiger partial charge in [0.05, 0.1) is 11.9 Å². The van der Waals surface area contributed by atoms with Gasteiger partial charge in [-0.15, -0.1) is 0 Å². The Kier molecular flexibility index (Phi) is 6.15. The zero-order valence-corrected chi connectivity index (χ0v) is 14.1. The molecule has 1 aromatic carbocycles. The average molecular weight is 311 g/mol. The van der Waals surface area contributed by atoms with Crippen molar-refractivity contribution in [1.82, 2.24) is 4.98 Å². The second-order valence-corrected chi connectivity index (χ2v) is 5.91. The number of unbranched alkanes of at least 4 members (excludes halogenated alkanes) is 1. The van der Waals surface area contributed by atoms with Crippen molar-refractivity contribution < 1.29 is 4.79 Å². The molecule has 2 aromatic rings. The normalized spacial score (nSPS) is 10.6. The quantitative estimate of drug-likeness (QED) is 0.731. The summed E-state index contributed by atoms with van der Waals surface area (Å²) < 4.78 is 0. The van der Waals surface area contributed by atoms with Crippen LogP contribution in [0.4, 0.5) is 11.4 Å². The van der Waals surface area contributed by atoms with Gasteiger partial charge in [-0.3, -0.25) is 4.79 Å². The zero-order valence-electron chi connectivity index (χ0n) is 14.1. The van der Waals surface area contributed by atoms with Crippen molar-refractivity contribution in [2.45, 2.75) is 39.5 Å². The minimum Gasteiger partial charge on any atom is -0.384 e. The topological polar surface area (TPSA) is 54.0 Å². The number of pyridine rings is 1. The highest BCUT2D eigenvalue weighted by Crippen LogP contribution is 2.24. The molecule has 23 heavy (non-hydrogen) atoms. The molecule has 1 amide bonds. The summed E-state index contributed by atoms with van der Waals surface area (Å²) in [5, 5.41) is 6.25. The van der Waals surface area contributed by atoms with Crippen molar-refractivity contribution in [3.8, 4) is 0 Å². The number of carbonyl (C=O) groups excluding carboxylic acids is 1. The fraction of sp³-hybridized carbons (Fsp3) is 0.368. The summed E-state index contributed by atoms with van der Waals surface area (Å²) >= 11 is 0. The molecule has 0 bridgehead atoms. The lowest BCUT2D eigenvalue weighted by Gasteiger charge is -2.13. The minimum atomic E-state index is -0.182. The SMILES string of the molecule is CCCCNc1ccc(C(=O)Nc2ccccc2C(C)C)nc1. The third-order valence-electron chi connectivity index (χ3n) is 3.69. The molecule has 0 aliphatic rings. The molecule has 0 aliphatic carbocycles. The Morgan fingerprint density at radius 1 is 1.17 bits per heavy atom. The number of amides is 1. The summed E-state index contributed by atoms with van der Waals surface area (Å²) in [4.78, 5) is 16.6. The molecule has 0 spiro atoms. The van der Waals surface area contributed by atoms with E-state index >= 15 is 0 Å². The lowest BCUT2D eigenvalue weighted by molar-refractivity contribution is 0.102. The first kappa shape index (κ1) is 17.0. The first-order valence-electron chi connectivity index (χ1n) is 8.22. The molecule has 1 aromatic heterocycles. The van der Waals surface area contributed by atoms with Gasteiger partial charge in [0.25, 0.3) is 5.91 Å². The molecule has 0 aliphatic heterocycles. The second-order valence-electron chi connectivity index (χ2n) is 5.91. The zero-order chi connectivity index (χ0) is 16.7. The van der Waals surface area contributed by atoms with E-state index in [0.29, 0.717) is 11.6 Å². The van der Waals surface area contributed by atoms with Crippen LogP contribution in [0.2, 0.25) is 0 Å². The molecule has 0 atom stereocenters. The lowest BCUT2D eigenvalue weighted by atomic mass is 10.0. The predicted octanol–water partition coefficient (Wildman–Crippen LogP) is 4.67. The highest BCUT2D eigenvalue weighted by atomic mass is 16.1. The average Bonchev–Trinajstić information content (AvgIpc) is 2.56. The lowest BCUT2D eigenvalue weighted by Crippen LogP contribution is -2.15. The summed E-state index contributed by atoms with van der Waals surface area (Å²) in [6.45, 7) is 7.30. The summed E-state index contributed by atoms with van der Waals surface area (Å²) in [5.74, 6) is 0.169. The van der Waals surface area contributed by atoms with E-state index in [1.54, 1.807) is 12.3 Å². The van der Waals surface area contributed by atoms with Gasteiger partial charge in [0.2, 0.25) is 0 Å². The van der Waals surface area contributed by atoms with E-state index in [0.717, 1.165) is 36.3 Å². The third kappa shape index (κ3) is 4.81. The monoisotopic (exact) mass is 311 g/mol. The number of benzene rings is 1. The van der Waals surface area contributed by atoms with E-state index in [1.807, 2.05) is 30.3 Å². The van der Waals surface area contributed by atoms with Crippen molar-refractivity contribution in [3.05, 3.63) is 53.9 Å². The summed E-state index contributed by atoms with van der Waals surface area (Å²) in [7, 11) is 0. The molecule has 4 heteroatoms. The van der Waals surface area contributed by atoms with Gasteiger partial charge in [-0.25, -0.2) is 4.98 Å². The van der Waals surface area contributed by atoms with Crippen LogP contribution in [0.25, 0.3) is 0 Å². The Hall–Kier alpha value is -2.36. The number of hydrogen-bond acceptors (Lipinski definition) is 3. The maximum Gasteiger partial charge on any atom is 0.274 e. The van der Waals surface area contributed by atoms with Crippen molar-refractivity contribution in [3.63, 3.8) is 0 Å². The number of nitrogens with one attached hydrogen (secondary N) is 2. The van der Waals surface area contributed by atoms with Gasteiger partial charge in [-0.1, -0.05) is 45.4 Å². The van der Waals surface area contributed by atoms with Crippen LogP contribution in [-0.4, -0.2) is 17.4 Å². The van der Waals surface area contributed by atoms with E-state index < -0.39 is 0 Å². The number of anilines is 2. The van der Waals surface area contributed by atoms with Gasteiger partial charge in [0, 0.05) is 12.2 Å². The Morgan fingerprint density at radius 3 is 2.61 bits per heavy atom. The predicted molar refractivity (Wildman–Crippen MR) is 96.1 cm³/mol. The summed E-state index contributed by atoms with van der Waals surface area (Å²) in [6.07, 6.45) is 3.98. The first-order chi connectivity index (χ1) is 11.1. The fourth-order valence-corrected chi connectivity index (χ4v) is 2.34. The Labute approximate surface area is 138 Å². The molecule has 0 fully saturated rings. The van der Waals surface area contributed by atoms with E-state index in [9.17, 15) is 4.79 Å². The molecule has 0 saturated heterocycles. The molecule has 0 saturated carbocycles. The molecule has 1 heterocycles. The summed E-state index contributed by atoms with van der Waals surface area (Å²) in [6, 6.07) is 11.5. The maximum atomic E-state index is 12.4. The number of para-hydroxylation sites is 1. The van der Waals surface area contributed by atoms with Crippen LogP contribution in [0.3, 0.4) is 0 Å². The van der Waals surface area contributed by atoms with E-state index in [-0.39, 0.29) is 5.91 Å².